The van der Waals surface area contributed by atoms with Crippen LogP contribution in [0.3, 0.4) is 0 Å². The molecule has 24 heavy (non-hydrogen) atoms. The Morgan fingerprint density at radius 1 is 1.12 bits per heavy atom. The molecule has 6 nitrogen and oxygen atoms in total. The van der Waals surface area contributed by atoms with Gasteiger partial charge in [-0.2, -0.15) is 0 Å². The Labute approximate surface area is 144 Å². The van der Waals surface area contributed by atoms with Crippen LogP contribution < -0.4 is 15.0 Å². The minimum absolute atomic E-state index is 0.689. The lowest BCUT2D eigenvalue weighted by atomic mass is 10.0. The second-order valence-corrected chi connectivity index (χ2v) is 6.71. The van der Waals surface area contributed by atoms with E-state index in [1.165, 1.54) is 25.9 Å². The summed E-state index contributed by atoms with van der Waals surface area (Å²) < 4.78 is 5.52. The van der Waals surface area contributed by atoms with E-state index >= 15 is 0 Å². The molecule has 3 rings (SSSR count). The number of nitrogens with zero attached hydrogens (tertiary/aromatic N) is 3. The molecule has 1 N–H and O–H groups in total. The highest BCUT2D eigenvalue weighted by Gasteiger charge is 2.27. The number of hydrogen-bond donors (Lipinski definition) is 1. The molecule has 132 valence electrons. The molecule has 0 bridgehead atoms. The lowest BCUT2D eigenvalue weighted by Gasteiger charge is -2.43. The minimum Gasteiger partial charge on any atom is -0.495 e. The number of ether oxygens (including phenoxy) is 1. The Bertz CT molecular complexity index is 550. The van der Waals surface area contributed by atoms with E-state index in [-0.39, 0.29) is 0 Å². The predicted octanol–water partition coefficient (Wildman–Crippen LogP) is 1.48. The molecule has 1 aromatic carbocycles. The third-order valence-electron chi connectivity index (χ3n) is 5.26. The molecule has 0 saturated carbocycles. The van der Waals surface area contributed by atoms with E-state index in [0.29, 0.717) is 6.41 Å². The molecular weight excluding hydrogens is 304 g/mol. The fraction of sp³-hybridized carbons (Fsp3) is 0.611. The summed E-state index contributed by atoms with van der Waals surface area (Å²) >= 11 is 0. The monoisotopic (exact) mass is 332 g/mol. The maximum atomic E-state index is 10.6. The van der Waals surface area contributed by atoms with Crippen LogP contribution in [0.1, 0.15) is 12.8 Å². The number of methoxy groups -OCH3 is 1. The number of piperazine rings is 1. The van der Waals surface area contributed by atoms with E-state index in [1.807, 2.05) is 18.2 Å². The van der Waals surface area contributed by atoms with Crippen molar-refractivity contribution < 1.29 is 9.53 Å². The molecule has 0 unspecified atom stereocenters. The molecule has 2 aliphatic rings. The number of piperidine rings is 1. The third-order valence-corrected chi connectivity index (χ3v) is 5.26. The average molecular weight is 332 g/mol. The zero-order chi connectivity index (χ0) is 16.9. The zero-order valence-electron chi connectivity index (χ0n) is 14.7. The highest BCUT2D eigenvalue weighted by Crippen LogP contribution is 2.32. The number of anilines is 2. The van der Waals surface area contributed by atoms with Crippen LogP contribution in [0.15, 0.2) is 18.2 Å². The summed E-state index contributed by atoms with van der Waals surface area (Å²) in [6.07, 6.45) is 3.26. The quantitative estimate of drug-likeness (QED) is 0.828. The first-order chi connectivity index (χ1) is 11.7. The van der Waals surface area contributed by atoms with E-state index in [2.05, 4.69) is 27.1 Å². The van der Waals surface area contributed by atoms with Crippen LogP contribution in [0.4, 0.5) is 11.4 Å². The molecule has 0 aliphatic carbocycles. The van der Waals surface area contributed by atoms with Crippen molar-refractivity contribution in [3.05, 3.63) is 18.2 Å². The van der Waals surface area contributed by atoms with Crippen molar-refractivity contribution in [1.82, 2.24) is 9.80 Å². The number of benzene rings is 1. The number of carbonyl (C=O) groups is 1. The van der Waals surface area contributed by atoms with Crippen LogP contribution in [0.25, 0.3) is 0 Å². The summed E-state index contributed by atoms with van der Waals surface area (Å²) in [7, 11) is 3.89. The van der Waals surface area contributed by atoms with Crippen LogP contribution in [-0.4, -0.2) is 75.7 Å². The topological polar surface area (TPSA) is 48.1 Å². The largest absolute Gasteiger partial charge is 0.495 e. The van der Waals surface area contributed by atoms with Crippen molar-refractivity contribution in [3.63, 3.8) is 0 Å². The van der Waals surface area contributed by atoms with Crippen molar-refractivity contribution in [2.75, 3.05) is 63.6 Å². The molecule has 1 aromatic rings. The summed E-state index contributed by atoms with van der Waals surface area (Å²) in [5.41, 5.74) is 1.87. The van der Waals surface area contributed by atoms with Gasteiger partial charge in [-0.25, -0.2) is 0 Å². The highest BCUT2D eigenvalue weighted by molar-refractivity contribution is 5.75. The number of hydrogen-bond acceptors (Lipinski definition) is 5. The molecule has 0 spiro atoms. The van der Waals surface area contributed by atoms with Gasteiger partial charge in [0.1, 0.15) is 5.75 Å². The van der Waals surface area contributed by atoms with Crippen molar-refractivity contribution in [3.8, 4) is 5.75 Å². The van der Waals surface area contributed by atoms with Crippen LogP contribution in [0.2, 0.25) is 0 Å². The van der Waals surface area contributed by atoms with Gasteiger partial charge in [0.15, 0.2) is 0 Å². The number of rotatable bonds is 5. The first-order valence-electron chi connectivity index (χ1n) is 8.77. The molecule has 2 fully saturated rings. The van der Waals surface area contributed by atoms with E-state index in [1.54, 1.807) is 7.11 Å². The van der Waals surface area contributed by atoms with Crippen molar-refractivity contribution in [2.24, 2.45) is 0 Å². The van der Waals surface area contributed by atoms with Crippen molar-refractivity contribution in [1.29, 1.82) is 0 Å². The first-order valence-corrected chi connectivity index (χ1v) is 8.77. The Kier molecular flexibility index (Phi) is 5.58. The van der Waals surface area contributed by atoms with E-state index in [9.17, 15) is 4.79 Å². The lowest BCUT2D eigenvalue weighted by Crippen LogP contribution is -2.53. The summed E-state index contributed by atoms with van der Waals surface area (Å²) in [5.74, 6) is 0.814. The van der Waals surface area contributed by atoms with Crippen LogP contribution >= 0.6 is 0 Å². The van der Waals surface area contributed by atoms with Crippen molar-refractivity contribution >= 4 is 17.8 Å². The number of nitrogens with one attached hydrogen (secondary N) is 1. The number of amides is 1. The second kappa shape index (κ2) is 7.85. The van der Waals surface area contributed by atoms with Gasteiger partial charge < -0.3 is 19.9 Å². The Balaban J connectivity index is 1.61. The van der Waals surface area contributed by atoms with Crippen molar-refractivity contribution in [2.45, 2.75) is 18.9 Å². The lowest BCUT2D eigenvalue weighted by molar-refractivity contribution is -0.105. The van der Waals surface area contributed by atoms with Gasteiger partial charge in [0.05, 0.1) is 12.8 Å². The molecule has 0 radical (unpaired) electrons. The van der Waals surface area contributed by atoms with E-state index < -0.39 is 0 Å². The van der Waals surface area contributed by atoms with E-state index in [4.69, 9.17) is 4.74 Å². The van der Waals surface area contributed by atoms with Crippen LogP contribution in [-0.2, 0) is 4.79 Å². The van der Waals surface area contributed by atoms with Gasteiger partial charge in [-0.3, -0.25) is 9.69 Å². The minimum atomic E-state index is 0.689. The summed E-state index contributed by atoms with van der Waals surface area (Å²) in [4.78, 5) is 18.1. The highest BCUT2D eigenvalue weighted by atomic mass is 16.5. The molecule has 6 heteroatoms. The molecule has 2 aliphatic heterocycles. The normalized spacial score (nSPS) is 20.8. The Morgan fingerprint density at radius 3 is 2.46 bits per heavy atom. The van der Waals surface area contributed by atoms with Gasteiger partial charge in [0.25, 0.3) is 0 Å². The van der Waals surface area contributed by atoms with Gasteiger partial charge in [-0.15, -0.1) is 0 Å². The molecule has 1 amide bonds. The predicted molar refractivity (Wildman–Crippen MR) is 97.0 cm³/mol. The van der Waals surface area contributed by atoms with Crippen LogP contribution in [0.5, 0.6) is 5.75 Å². The number of likely N-dealkylation sites (tertiary alicyclic amines) is 1. The summed E-state index contributed by atoms with van der Waals surface area (Å²) in [6, 6.07) is 6.59. The zero-order valence-corrected chi connectivity index (χ0v) is 14.7. The molecule has 0 aromatic heterocycles. The average Bonchev–Trinajstić information content (AvgIpc) is 2.63. The smallest absolute Gasteiger partial charge is 0.211 e. The van der Waals surface area contributed by atoms with Gasteiger partial charge in [0, 0.05) is 44.0 Å². The molecule has 2 saturated heterocycles. The van der Waals surface area contributed by atoms with Gasteiger partial charge in [-0.05, 0) is 45.1 Å². The number of carbonyl (C=O) groups excluding carboxylic acids is 1. The van der Waals surface area contributed by atoms with Gasteiger partial charge in [-0.1, -0.05) is 0 Å². The first kappa shape index (κ1) is 17.0. The molecular formula is C18H28N4O2. The summed E-state index contributed by atoms with van der Waals surface area (Å²) in [6.45, 7) is 6.66. The SMILES string of the molecule is COc1cc(NC=O)ccc1N1CCN(C2CCN(C)CC2)CC1. The Morgan fingerprint density at radius 2 is 1.83 bits per heavy atom. The fourth-order valence-corrected chi connectivity index (χ4v) is 3.78. The Hall–Kier alpha value is -1.79. The van der Waals surface area contributed by atoms with Gasteiger partial charge >= 0.3 is 0 Å². The summed E-state index contributed by atoms with van der Waals surface area (Å²) in [5, 5.41) is 2.67. The van der Waals surface area contributed by atoms with Crippen LogP contribution in [0, 0.1) is 0 Å². The molecule has 0 atom stereocenters. The van der Waals surface area contributed by atoms with E-state index in [0.717, 1.165) is 49.3 Å². The molecule has 2 heterocycles. The van der Waals surface area contributed by atoms with Gasteiger partial charge in [0.2, 0.25) is 6.41 Å². The maximum Gasteiger partial charge on any atom is 0.211 e. The maximum absolute atomic E-state index is 10.6. The second-order valence-electron chi connectivity index (χ2n) is 6.71. The fourth-order valence-electron chi connectivity index (χ4n) is 3.78. The standard InChI is InChI=1S/C18H28N4O2/c1-20-7-5-16(6-8-20)21-9-11-22(12-10-21)17-4-3-15(19-14-23)13-18(17)24-2/h3-4,13-14,16H,5-12H2,1-2H3,(H,19,23). The third kappa shape index (κ3) is 3.82.